The smallest absolute Gasteiger partial charge is 0.306 e. The molecule has 3 nitrogen and oxygen atoms in total. The lowest BCUT2D eigenvalue weighted by Crippen LogP contribution is -2.12. The van der Waals surface area contributed by atoms with Crippen LogP contribution in [0.15, 0.2) is 24.3 Å². The number of aromatic hydroxyl groups is 1. The van der Waals surface area contributed by atoms with Crippen LogP contribution in [0.25, 0.3) is 0 Å². The molecule has 1 aromatic rings. The Morgan fingerprint density at radius 1 is 1.44 bits per heavy atom. The van der Waals surface area contributed by atoms with Crippen LogP contribution >= 0.6 is 0 Å². The highest BCUT2D eigenvalue weighted by molar-refractivity contribution is 5.69. The topological polar surface area (TPSA) is 57.5 Å². The van der Waals surface area contributed by atoms with Crippen molar-refractivity contribution in [2.24, 2.45) is 5.92 Å². The molecule has 0 aliphatic rings. The molecule has 88 valence electrons. The fraction of sp³-hybridized carbons (Fsp3) is 0.462. The van der Waals surface area contributed by atoms with E-state index in [2.05, 4.69) is 0 Å². The van der Waals surface area contributed by atoms with Crippen molar-refractivity contribution in [3.63, 3.8) is 0 Å². The van der Waals surface area contributed by atoms with Crippen molar-refractivity contribution in [2.45, 2.75) is 32.6 Å². The van der Waals surface area contributed by atoms with Crippen LogP contribution in [0, 0.1) is 5.92 Å². The predicted molar refractivity (Wildman–Crippen MR) is 62.5 cm³/mol. The molecular formula is C13H18O3. The summed E-state index contributed by atoms with van der Waals surface area (Å²) in [6.07, 6.45) is 3.03. The summed E-state index contributed by atoms with van der Waals surface area (Å²) >= 11 is 0. The van der Waals surface area contributed by atoms with Gasteiger partial charge in [0.15, 0.2) is 0 Å². The van der Waals surface area contributed by atoms with E-state index in [4.69, 9.17) is 5.11 Å². The number of phenols is 1. The van der Waals surface area contributed by atoms with Crippen molar-refractivity contribution in [1.29, 1.82) is 0 Å². The molecule has 1 unspecified atom stereocenters. The second-order valence-corrected chi connectivity index (χ2v) is 4.01. The Morgan fingerprint density at radius 3 is 2.75 bits per heavy atom. The lowest BCUT2D eigenvalue weighted by molar-refractivity contribution is -0.142. The van der Waals surface area contributed by atoms with Gasteiger partial charge in [-0.2, -0.15) is 0 Å². The van der Waals surface area contributed by atoms with Crippen molar-refractivity contribution >= 4 is 5.97 Å². The van der Waals surface area contributed by atoms with Crippen LogP contribution < -0.4 is 0 Å². The molecule has 3 heteroatoms. The SMILES string of the molecule is CCC(CCCc1cccc(O)c1)C(=O)O. The summed E-state index contributed by atoms with van der Waals surface area (Å²) in [7, 11) is 0. The van der Waals surface area contributed by atoms with Gasteiger partial charge in [-0.25, -0.2) is 0 Å². The molecule has 0 heterocycles. The van der Waals surface area contributed by atoms with E-state index in [1.54, 1.807) is 18.2 Å². The fourth-order valence-corrected chi connectivity index (χ4v) is 1.77. The molecule has 0 bridgehead atoms. The van der Waals surface area contributed by atoms with E-state index in [1.165, 1.54) is 0 Å². The molecule has 0 aromatic heterocycles. The third-order valence-corrected chi connectivity index (χ3v) is 2.77. The van der Waals surface area contributed by atoms with Gasteiger partial charge in [0, 0.05) is 0 Å². The Balaban J connectivity index is 2.38. The highest BCUT2D eigenvalue weighted by Crippen LogP contribution is 2.16. The monoisotopic (exact) mass is 222 g/mol. The number of carbonyl (C=O) groups is 1. The highest BCUT2D eigenvalue weighted by Gasteiger charge is 2.13. The number of rotatable bonds is 6. The second kappa shape index (κ2) is 6.16. The number of hydrogen-bond acceptors (Lipinski definition) is 2. The average molecular weight is 222 g/mol. The van der Waals surface area contributed by atoms with Gasteiger partial charge in [-0.3, -0.25) is 4.79 Å². The van der Waals surface area contributed by atoms with Crippen LogP contribution in [0.3, 0.4) is 0 Å². The molecule has 2 N–H and O–H groups in total. The summed E-state index contributed by atoms with van der Waals surface area (Å²) in [5.41, 5.74) is 1.06. The maximum Gasteiger partial charge on any atom is 0.306 e. The Morgan fingerprint density at radius 2 is 2.19 bits per heavy atom. The molecule has 0 aliphatic heterocycles. The number of aliphatic carboxylic acids is 1. The van der Waals surface area contributed by atoms with E-state index in [9.17, 15) is 9.90 Å². The van der Waals surface area contributed by atoms with Gasteiger partial charge >= 0.3 is 5.97 Å². The van der Waals surface area contributed by atoms with E-state index in [0.717, 1.165) is 18.4 Å². The zero-order valence-electron chi connectivity index (χ0n) is 9.52. The molecular weight excluding hydrogens is 204 g/mol. The Kier molecular flexibility index (Phi) is 4.83. The van der Waals surface area contributed by atoms with E-state index in [-0.39, 0.29) is 11.7 Å². The van der Waals surface area contributed by atoms with Gasteiger partial charge in [-0.15, -0.1) is 0 Å². The van der Waals surface area contributed by atoms with Crippen LogP contribution in [0.1, 0.15) is 31.7 Å². The van der Waals surface area contributed by atoms with Crippen LogP contribution in [0.2, 0.25) is 0 Å². The zero-order chi connectivity index (χ0) is 12.0. The Labute approximate surface area is 95.7 Å². The van der Waals surface area contributed by atoms with Gasteiger partial charge in [-0.05, 0) is 43.4 Å². The van der Waals surface area contributed by atoms with Gasteiger partial charge < -0.3 is 10.2 Å². The lowest BCUT2D eigenvalue weighted by atomic mass is 9.97. The lowest BCUT2D eigenvalue weighted by Gasteiger charge is -2.09. The molecule has 16 heavy (non-hydrogen) atoms. The number of aryl methyl sites for hydroxylation is 1. The highest BCUT2D eigenvalue weighted by atomic mass is 16.4. The molecule has 0 spiro atoms. The molecule has 0 amide bonds. The first kappa shape index (κ1) is 12.6. The van der Waals surface area contributed by atoms with Gasteiger partial charge in [-0.1, -0.05) is 19.1 Å². The number of hydrogen-bond donors (Lipinski definition) is 2. The van der Waals surface area contributed by atoms with Crippen molar-refractivity contribution in [3.05, 3.63) is 29.8 Å². The average Bonchev–Trinajstić information content (AvgIpc) is 2.24. The minimum absolute atomic E-state index is 0.239. The molecule has 0 saturated carbocycles. The number of carboxylic acids is 1. The summed E-state index contributed by atoms with van der Waals surface area (Å²) in [4.78, 5) is 10.8. The van der Waals surface area contributed by atoms with Crippen LogP contribution in [-0.4, -0.2) is 16.2 Å². The predicted octanol–water partition coefficient (Wildman–Crippen LogP) is 2.83. The maximum atomic E-state index is 10.8. The first-order valence-corrected chi connectivity index (χ1v) is 5.64. The first-order chi connectivity index (χ1) is 7.63. The van der Waals surface area contributed by atoms with Crippen molar-refractivity contribution in [1.82, 2.24) is 0 Å². The van der Waals surface area contributed by atoms with Crippen LogP contribution in [-0.2, 0) is 11.2 Å². The van der Waals surface area contributed by atoms with Crippen LogP contribution in [0.5, 0.6) is 5.75 Å². The van der Waals surface area contributed by atoms with Gasteiger partial charge in [0.05, 0.1) is 5.92 Å². The van der Waals surface area contributed by atoms with Gasteiger partial charge in [0.1, 0.15) is 5.75 Å². The summed E-state index contributed by atoms with van der Waals surface area (Å²) in [5, 5.41) is 18.1. The number of phenolic OH excluding ortho intramolecular Hbond substituents is 1. The third kappa shape index (κ3) is 3.93. The van der Waals surface area contributed by atoms with E-state index >= 15 is 0 Å². The maximum absolute atomic E-state index is 10.8. The van der Waals surface area contributed by atoms with E-state index < -0.39 is 5.97 Å². The quantitative estimate of drug-likeness (QED) is 0.778. The Bertz CT molecular complexity index is 347. The molecule has 1 atom stereocenters. The summed E-state index contributed by atoms with van der Waals surface area (Å²) < 4.78 is 0. The summed E-state index contributed by atoms with van der Waals surface area (Å²) in [5.74, 6) is -0.682. The second-order valence-electron chi connectivity index (χ2n) is 4.01. The standard InChI is InChI=1S/C13H18O3/c1-2-11(13(15)16)7-3-5-10-6-4-8-12(14)9-10/h4,6,8-9,11,14H,2-3,5,7H2,1H3,(H,15,16). The van der Waals surface area contributed by atoms with Crippen LogP contribution in [0.4, 0.5) is 0 Å². The fourth-order valence-electron chi connectivity index (χ4n) is 1.77. The third-order valence-electron chi connectivity index (χ3n) is 2.77. The van der Waals surface area contributed by atoms with Gasteiger partial charge in [0.2, 0.25) is 0 Å². The molecule has 1 rings (SSSR count). The van der Waals surface area contributed by atoms with Crippen molar-refractivity contribution < 1.29 is 15.0 Å². The van der Waals surface area contributed by atoms with Gasteiger partial charge in [0.25, 0.3) is 0 Å². The largest absolute Gasteiger partial charge is 0.508 e. The molecule has 0 aliphatic carbocycles. The number of carboxylic acid groups (broad SMARTS) is 1. The molecule has 0 fully saturated rings. The van der Waals surface area contributed by atoms with Crippen molar-refractivity contribution in [3.8, 4) is 5.75 Å². The minimum Gasteiger partial charge on any atom is -0.508 e. The van der Waals surface area contributed by atoms with E-state index in [0.29, 0.717) is 12.8 Å². The number of benzene rings is 1. The Hall–Kier alpha value is -1.51. The molecule has 1 aromatic carbocycles. The summed E-state index contributed by atoms with van der Waals surface area (Å²) in [6.45, 7) is 1.90. The normalized spacial score (nSPS) is 12.3. The molecule has 0 saturated heterocycles. The van der Waals surface area contributed by atoms with E-state index in [1.807, 2.05) is 13.0 Å². The minimum atomic E-state index is -0.710. The van der Waals surface area contributed by atoms with Crippen molar-refractivity contribution in [2.75, 3.05) is 0 Å². The first-order valence-electron chi connectivity index (χ1n) is 5.64. The summed E-state index contributed by atoms with van der Waals surface area (Å²) in [6, 6.07) is 7.11. The molecule has 0 radical (unpaired) electrons. The zero-order valence-corrected chi connectivity index (χ0v) is 9.52.